The molecule has 2 rings (SSSR count). The number of allylic oxidation sites excluding steroid dienone is 1. The highest BCUT2D eigenvalue weighted by Crippen LogP contribution is 2.19. The number of alkyl halides is 2. The highest BCUT2D eigenvalue weighted by molar-refractivity contribution is 6.17. The van der Waals surface area contributed by atoms with Crippen LogP contribution in [-0.2, 0) is 11.8 Å². The molecule has 0 saturated carbocycles. The zero-order valence-corrected chi connectivity index (χ0v) is 13.0. The lowest BCUT2D eigenvalue weighted by molar-refractivity contribution is 0.971. The predicted octanol–water partition coefficient (Wildman–Crippen LogP) is 5.98. The molecule has 0 heterocycles. The SMILES string of the molecule is CC(/C=C/c1ccc(CCl)cc1)c1ccc(CCl)cc1. The lowest BCUT2D eigenvalue weighted by Crippen LogP contribution is -1.89. The normalized spacial score (nSPS) is 12.8. The minimum absolute atomic E-state index is 0.382. The molecule has 0 N–H and O–H groups in total. The lowest BCUT2D eigenvalue weighted by Gasteiger charge is -2.07. The molecule has 0 amide bonds. The zero-order chi connectivity index (χ0) is 14.4. The Morgan fingerprint density at radius 3 is 1.85 bits per heavy atom. The highest BCUT2D eigenvalue weighted by Gasteiger charge is 2.01. The van der Waals surface area contributed by atoms with Crippen molar-refractivity contribution in [1.29, 1.82) is 0 Å². The van der Waals surface area contributed by atoms with Gasteiger partial charge in [-0.3, -0.25) is 0 Å². The molecule has 0 bridgehead atoms. The van der Waals surface area contributed by atoms with Gasteiger partial charge in [-0.05, 0) is 28.2 Å². The maximum Gasteiger partial charge on any atom is 0.0474 e. The molecule has 2 aromatic rings. The molecule has 0 nitrogen and oxygen atoms in total. The molecule has 2 aromatic carbocycles. The van der Waals surface area contributed by atoms with Gasteiger partial charge in [0.15, 0.2) is 0 Å². The van der Waals surface area contributed by atoms with Crippen molar-refractivity contribution < 1.29 is 0 Å². The highest BCUT2D eigenvalue weighted by atomic mass is 35.5. The van der Waals surface area contributed by atoms with Crippen LogP contribution in [0.1, 0.15) is 35.1 Å². The summed E-state index contributed by atoms with van der Waals surface area (Å²) in [5.74, 6) is 1.51. The molecule has 0 radical (unpaired) electrons. The molecule has 0 aliphatic rings. The molecule has 0 spiro atoms. The van der Waals surface area contributed by atoms with Gasteiger partial charge in [0.05, 0.1) is 0 Å². The van der Waals surface area contributed by atoms with E-state index in [-0.39, 0.29) is 0 Å². The van der Waals surface area contributed by atoms with E-state index in [1.54, 1.807) is 0 Å². The molecule has 0 aliphatic carbocycles. The van der Waals surface area contributed by atoms with Crippen LogP contribution in [0, 0.1) is 0 Å². The molecular formula is C18H18Cl2. The monoisotopic (exact) mass is 304 g/mol. The zero-order valence-electron chi connectivity index (χ0n) is 11.5. The average Bonchev–Trinajstić information content (AvgIpc) is 2.53. The smallest absolute Gasteiger partial charge is 0.0474 e. The summed E-state index contributed by atoms with van der Waals surface area (Å²) < 4.78 is 0. The summed E-state index contributed by atoms with van der Waals surface area (Å²) >= 11 is 11.6. The van der Waals surface area contributed by atoms with Crippen LogP contribution < -0.4 is 0 Å². The van der Waals surface area contributed by atoms with E-state index in [2.05, 4.69) is 67.6 Å². The quantitative estimate of drug-likeness (QED) is 0.596. The first kappa shape index (κ1) is 15.2. The summed E-state index contributed by atoms with van der Waals surface area (Å²) in [6.07, 6.45) is 4.36. The van der Waals surface area contributed by atoms with Gasteiger partial charge < -0.3 is 0 Å². The summed E-state index contributed by atoms with van der Waals surface area (Å²) in [6, 6.07) is 16.8. The van der Waals surface area contributed by atoms with Crippen molar-refractivity contribution in [2.75, 3.05) is 0 Å². The minimum atomic E-state index is 0.382. The molecule has 0 fully saturated rings. The van der Waals surface area contributed by atoms with Crippen molar-refractivity contribution in [1.82, 2.24) is 0 Å². The van der Waals surface area contributed by atoms with Gasteiger partial charge in [-0.2, -0.15) is 0 Å². The maximum atomic E-state index is 5.80. The van der Waals surface area contributed by atoms with Gasteiger partial charge in [0.25, 0.3) is 0 Å². The van der Waals surface area contributed by atoms with Crippen LogP contribution >= 0.6 is 23.2 Å². The summed E-state index contributed by atoms with van der Waals surface area (Å²) in [4.78, 5) is 0. The molecular weight excluding hydrogens is 287 g/mol. The van der Waals surface area contributed by atoms with Gasteiger partial charge in [0, 0.05) is 11.8 Å². The summed E-state index contributed by atoms with van der Waals surface area (Å²) in [6.45, 7) is 2.19. The van der Waals surface area contributed by atoms with Gasteiger partial charge in [-0.25, -0.2) is 0 Å². The van der Waals surface area contributed by atoms with Gasteiger partial charge in [0.1, 0.15) is 0 Å². The van der Waals surface area contributed by atoms with Gasteiger partial charge in [-0.15, -0.1) is 23.2 Å². The first-order valence-corrected chi connectivity index (χ1v) is 7.77. The molecule has 2 heteroatoms. The number of hydrogen-bond donors (Lipinski definition) is 0. The fraction of sp³-hybridized carbons (Fsp3) is 0.222. The Morgan fingerprint density at radius 1 is 0.850 bits per heavy atom. The Hall–Kier alpha value is -1.24. The van der Waals surface area contributed by atoms with E-state index in [4.69, 9.17) is 23.2 Å². The Balaban J connectivity index is 2.04. The van der Waals surface area contributed by atoms with Crippen molar-refractivity contribution in [3.05, 3.63) is 76.9 Å². The largest absolute Gasteiger partial charge is 0.122 e. The number of hydrogen-bond acceptors (Lipinski definition) is 0. The summed E-state index contributed by atoms with van der Waals surface area (Å²) in [5, 5.41) is 0. The van der Waals surface area contributed by atoms with Gasteiger partial charge >= 0.3 is 0 Å². The fourth-order valence-electron chi connectivity index (χ4n) is 1.99. The summed E-state index contributed by atoms with van der Waals surface area (Å²) in [7, 11) is 0. The van der Waals surface area contributed by atoms with E-state index in [9.17, 15) is 0 Å². The molecule has 1 unspecified atom stereocenters. The second-order valence-electron chi connectivity index (χ2n) is 4.90. The topological polar surface area (TPSA) is 0 Å². The summed E-state index contributed by atoms with van der Waals surface area (Å²) in [5.41, 5.74) is 4.80. The van der Waals surface area contributed by atoms with Gasteiger partial charge in [-0.1, -0.05) is 67.6 Å². The average molecular weight is 305 g/mol. The third-order valence-electron chi connectivity index (χ3n) is 3.37. The van der Waals surface area contributed by atoms with Crippen LogP contribution in [-0.4, -0.2) is 0 Å². The molecule has 0 aliphatic heterocycles. The third-order valence-corrected chi connectivity index (χ3v) is 3.99. The van der Waals surface area contributed by atoms with E-state index in [0.717, 1.165) is 11.1 Å². The second-order valence-corrected chi connectivity index (χ2v) is 5.43. The number of rotatable bonds is 5. The maximum absolute atomic E-state index is 5.80. The Morgan fingerprint density at radius 2 is 1.35 bits per heavy atom. The molecule has 104 valence electrons. The minimum Gasteiger partial charge on any atom is -0.122 e. The second kappa shape index (κ2) is 7.52. The van der Waals surface area contributed by atoms with E-state index < -0.39 is 0 Å². The predicted molar refractivity (Wildman–Crippen MR) is 89.4 cm³/mol. The lowest BCUT2D eigenvalue weighted by atomic mass is 9.98. The van der Waals surface area contributed by atoms with E-state index in [0.29, 0.717) is 17.7 Å². The molecule has 20 heavy (non-hydrogen) atoms. The fourth-order valence-corrected chi connectivity index (χ4v) is 2.35. The first-order valence-electron chi connectivity index (χ1n) is 6.71. The molecule has 0 saturated heterocycles. The van der Waals surface area contributed by atoms with E-state index in [1.165, 1.54) is 11.1 Å². The number of halogens is 2. The standard InChI is InChI=1S/C18H18Cl2/c1-14(18-10-8-17(13-20)9-11-18)2-3-15-4-6-16(12-19)7-5-15/h2-11,14H,12-13H2,1H3/b3-2+. The van der Waals surface area contributed by atoms with Crippen LogP contribution in [0.4, 0.5) is 0 Å². The van der Waals surface area contributed by atoms with Gasteiger partial charge in [0.2, 0.25) is 0 Å². The van der Waals surface area contributed by atoms with Crippen LogP contribution in [0.15, 0.2) is 54.6 Å². The van der Waals surface area contributed by atoms with Crippen LogP contribution in [0.3, 0.4) is 0 Å². The van der Waals surface area contributed by atoms with E-state index >= 15 is 0 Å². The first-order chi connectivity index (χ1) is 9.72. The Labute approximate surface area is 131 Å². The van der Waals surface area contributed by atoms with E-state index in [1.807, 2.05) is 0 Å². The van der Waals surface area contributed by atoms with Crippen molar-refractivity contribution >= 4 is 29.3 Å². The van der Waals surface area contributed by atoms with Crippen molar-refractivity contribution in [3.63, 3.8) is 0 Å². The Bertz CT molecular complexity index is 553. The van der Waals surface area contributed by atoms with Crippen LogP contribution in [0.5, 0.6) is 0 Å². The molecule has 0 aromatic heterocycles. The van der Waals surface area contributed by atoms with Crippen LogP contribution in [0.2, 0.25) is 0 Å². The Kier molecular flexibility index (Phi) is 5.70. The third kappa shape index (κ3) is 4.13. The van der Waals surface area contributed by atoms with Crippen molar-refractivity contribution in [3.8, 4) is 0 Å². The number of benzene rings is 2. The van der Waals surface area contributed by atoms with Crippen molar-refractivity contribution in [2.24, 2.45) is 0 Å². The van der Waals surface area contributed by atoms with Crippen LogP contribution in [0.25, 0.3) is 6.08 Å². The molecule has 1 atom stereocenters. The van der Waals surface area contributed by atoms with Crippen molar-refractivity contribution in [2.45, 2.75) is 24.6 Å².